The van der Waals surface area contributed by atoms with Crippen molar-refractivity contribution in [3.8, 4) is 11.8 Å². The summed E-state index contributed by atoms with van der Waals surface area (Å²) in [7, 11) is 0. The van der Waals surface area contributed by atoms with Gasteiger partial charge in [-0.2, -0.15) is 0 Å². The minimum Gasteiger partial charge on any atom is -0.391 e. The molecule has 5 heteroatoms. The van der Waals surface area contributed by atoms with Crippen LogP contribution in [0.15, 0.2) is 18.3 Å². The van der Waals surface area contributed by atoms with Crippen molar-refractivity contribution in [1.29, 1.82) is 0 Å². The van der Waals surface area contributed by atoms with Gasteiger partial charge in [0.25, 0.3) is 5.91 Å². The fraction of sp³-hybridized carbons (Fsp3) is 0.500. The van der Waals surface area contributed by atoms with Gasteiger partial charge < -0.3 is 15.5 Å². The lowest BCUT2D eigenvalue weighted by Gasteiger charge is -2.21. The number of pyridine rings is 1. The second-order valence-corrected chi connectivity index (χ2v) is 5.18. The van der Waals surface area contributed by atoms with Crippen LogP contribution in [0.2, 0.25) is 0 Å². The number of nitrogens with one attached hydrogen (secondary N) is 1. The van der Waals surface area contributed by atoms with E-state index in [2.05, 4.69) is 22.1 Å². The molecule has 2 atom stereocenters. The Hall–Kier alpha value is -1.90. The summed E-state index contributed by atoms with van der Waals surface area (Å²) in [5.41, 5.74) is 0.955. The Morgan fingerprint density at radius 3 is 2.86 bits per heavy atom. The molecular weight excluding hydrogens is 268 g/mol. The average molecular weight is 288 g/mol. The SMILES string of the molecule is O=C(NC1CCCCCC1O)c1ccc(C#CCO)cn1. The number of aliphatic hydroxyl groups is 2. The number of rotatable bonds is 2. The van der Waals surface area contributed by atoms with Gasteiger partial charge in [-0.25, -0.2) is 4.98 Å². The van der Waals surface area contributed by atoms with Gasteiger partial charge in [-0.15, -0.1) is 0 Å². The maximum atomic E-state index is 12.1. The van der Waals surface area contributed by atoms with Crippen LogP contribution in [0.4, 0.5) is 0 Å². The fourth-order valence-electron chi connectivity index (χ4n) is 2.44. The Kier molecular flexibility index (Phi) is 5.73. The maximum absolute atomic E-state index is 12.1. The Balaban J connectivity index is 1.99. The van der Waals surface area contributed by atoms with E-state index in [9.17, 15) is 9.90 Å². The molecule has 2 unspecified atom stereocenters. The Morgan fingerprint density at radius 2 is 2.14 bits per heavy atom. The summed E-state index contributed by atoms with van der Waals surface area (Å²) in [5, 5.41) is 21.5. The van der Waals surface area contributed by atoms with Crippen LogP contribution in [0.3, 0.4) is 0 Å². The van der Waals surface area contributed by atoms with Crippen LogP contribution in [-0.4, -0.2) is 39.9 Å². The molecule has 0 radical (unpaired) electrons. The molecule has 2 rings (SSSR count). The van der Waals surface area contributed by atoms with Crippen LogP contribution >= 0.6 is 0 Å². The van der Waals surface area contributed by atoms with Gasteiger partial charge in [-0.05, 0) is 25.0 Å². The lowest BCUT2D eigenvalue weighted by molar-refractivity contribution is 0.0814. The average Bonchev–Trinajstić information content (AvgIpc) is 2.70. The van der Waals surface area contributed by atoms with Crippen molar-refractivity contribution in [3.05, 3.63) is 29.6 Å². The first-order chi connectivity index (χ1) is 10.2. The minimum absolute atomic E-state index is 0.198. The number of hydrogen-bond acceptors (Lipinski definition) is 4. The van der Waals surface area contributed by atoms with Gasteiger partial charge in [0.2, 0.25) is 0 Å². The summed E-state index contributed by atoms with van der Waals surface area (Å²) in [6.07, 6.45) is 5.67. The highest BCUT2D eigenvalue weighted by Gasteiger charge is 2.23. The molecule has 0 spiro atoms. The molecule has 1 aliphatic rings. The number of aliphatic hydroxyl groups excluding tert-OH is 2. The van der Waals surface area contributed by atoms with Gasteiger partial charge in [-0.1, -0.05) is 31.1 Å². The van der Waals surface area contributed by atoms with Crippen molar-refractivity contribution in [3.63, 3.8) is 0 Å². The molecule has 5 nitrogen and oxygen atoms in total. The third-order valence-electron chi connectivity index (χ3n) is 3.60. The highest BCUT2D eigenvalue weighted by atomic mass is 16.3. The molecule has 1 amide bonds. The third-order valence-corrected chi connectivity index (χ3v) is 3.60. The number of hydrogen-bond donors (Lipinski definition) is 3. The lowest BCUT2D eigenvalue weighted by Crippen LogP contribution is -2.42. The van der Waals surface area contributed by atoms with E-state index < -0.39 is 6.10 Å². The number of carbonyl (C=O) groups excluding carboxylic acids is 1. The monoisotopic (exact) mass is 288 g/mol. The van der Waals surface area contributed by atoms with Gasteiger partial charge in [-0.3, -0.25) is 4.79 Å². The Labute approximate surface area is 124 Å². The predicted molar refractivity (Wildman–Crippen MR) is 78.5 cm³/mol. The fourth-order valence-corrected chi connectivity index (χ4v) is 2.44. The van der Waals surface area contributed by atoms with Crippen molar-refractivity contribution in [2.24, 2.45) is 0 Å². The number of carbonyl (C=O) groups is 1. The zero-order valence-electron chi connectivity index (χ0n) is 11.9. The largest absolute Gasteiger partial charge is 0.391 e. The molecule has 3 N–H and O–H groups in total. The van der Waals surface area contributed by atoms with Crippen LogP contribution in [0.1, 0.15) is 48.2 Å². The first kappa shape index (κ1) is 15.5. The quantitative estimate of drug-likeness (QED) is 0.556. The second-order valence-electron chi connectivity index (χ2n) is 5.18. The van der Waals surface area contributed by atoms with E-state index in [0.29, 0.717) is 11.3 Å². The molecule has 1 aliphatic carbocycles. The van der Waals surface area contributed by atoms with Crippen molar-refractivity contribution in [2.45, 2.75) is 44.2 Å². The van der Waals surface area contributed by atoms with E-state index in [1.165, 1.54) is 6.20 Å². The molecule has 0 saturated heterocycles. The number of nitrogens with zero attached hydrogens (tertiary/aromatic N) is 1. The van der Waals surface area contributed by atoms with E-state index >= 15 is 0 Å². The Bertz CT molecular complexity index is 531. The van der Waals surface area contributed by atoms with Crippen molar-refractivity contribution in [1.82, 2.24) is 10.3 Å². The molecule has 0 bridgehead atoms. The zero-order chi connectivity index (χ0) is 15.1. The molecule has 1 aromatic heterocycles. The molecule has 1 fully saturated rings. The number of amides is 1. The topological polar surface area (TPSA) is 82.5 Å². The van der Waals surface area contributed by atoms with Gasteiger partial charge in [0.15, 0.2) is 0 Å². The minimum atomic E-state index is -0.480. The maximum Gasteiger partial charge on any atom is 0.270 e. The summed E-state index contributed by atoms with van der Waals surface area (Å²) in [6.45, 7) is -0.207. The number of aromatic nitrogens is 1. The lowest BCUT2D eigenvalue weighted by atomic mass is 10.1. The summed E-state index contributed by atoms with van der Waals surface area (Å²) < 4.78 is 0. The zero-order valence-corrected chi connectivity index (χ0v) is 11.9. The van der Waals surface area contributed by atoms with Crippen molar-refractivity contribution >= 4 is 5.91 Å². The summed E-state index contributed by atoms with van der Waals surface area (Å²) in [6, 6.07) is 3.09. The molecular formula is C16H20N2O3. The van der Waals surface area contributed by atoms with E-state index in [0.717, 1.165) is 32.1 Å². The van der Waals surface area contributed by atoms with Crippen LogP contribution in [0.25, 0.3) is 0 Å². The summed E-state index contributed by atoms with van der Waals surface area (Å²) in [5.74, 6) is 4.97. The standard InChI is InChI=1S/C16H20N2O3/c19-10-4-5-12-8-9-14(17-11-12)16(21)18-13-6-2-1-3-7-15(13)20/h8-9,11,13,15,19-20H,1-3,6-7,10H2,(H,18,21). The highest BCUT2D eigenvalue weighted by molar-refractivity contribution is 5.92. The van der Waals surface area contributed by atoms with Crippen LogP contribution < -0.4 is 5.32 Å². The van der Waals surface area contributed by atoms with Gasteiger partial charge in [0.1, 0.15) is 12.3 Å². The molecule has 21 heavy (non-hydrogen) atoms. The summed E-state index contributed by atoms with van der Waals surface area (Å²) >= 11 is 0. The van der Waals surface area contributed by atoms with E-state index in [-0.39, 0.29) is 18.6 Å². The van der Waals surface area contributed by atoms with E-state index in [4.69, 9.17) is 5.11 Å². The summed E-state index contributed by atoms with van der Waals surface area (Å²) in [4.78, 5) is 16.2. The van der Waals surface area contributed by atoms with Crippen LogP contribution in [0, 0.1) is 11.8 Å². The molecule has 1 aromatic rings. The molecule has 0 aliphatic heterocycles. The van der Waals surface area contributed by atoms with E-state index in [1.807, 2.05) is 0 Å². The van der Waals surface area contributed by atoms with Crippen LogP contribution in [-0.2, 0) is 0 Å². The van der Waals surface area contributed by atoms with E-state index in [1.54, 1.807) is 12.1 Å². The molecule has 1 heterocycles. The molecule has 1 saturated carbocycles. The normalized spacial score (nSPS) is 21.8. The molecule has 112 valence electrons. The second kappa shape index (κ2) is 7.77. The van der Waals surface area contributed by atoms with Gasteiger partial charge >= 0.3 is 0 Å². The Morgan fingerprint density at radius 1 is 1.33 bits per heavy atom. The van der Waals surface area contributed by atoms with Gasteiger partial charge in [0.05, 0.1) is 12.1 Å². The predicted octanol–water partition coefficient (Wildman–Crippen LogP) is 0.849. The van der Waals surface area contributed by atoms with Crippen molar-refractivity contribution < 1.29 is 15.0 Å². The third kappa shape index (κ3) is 4.55. The molecule has 0 aromatic carbocycles. The van der Waals surface area contributed by atoms with Crippen LogP contribution in [0.5, 0.6) is 0 Å². The first-order valence-electron chi connectivity index (χ1n) is 7.25. The van der Waals surface area contributed by atoms with Gasteiger partial charge in [0, 0.05) is 11.8 Å². The smallest absolute Gasteiger partial charge is 0.270 e. The first-order valence-corrected chi connectivity index (χ1v) is 7.25. The highest BCUT2D eigenvalue weighted by Crippen LogP contribution is 2.18. The van der Waals surface area contributed by atoms with Crippen molar-refractivity contribution in [2.75, 3.05) is 6.61 Å².